The fourth-order valence-corrected chi connectivity index (χ4v) is 1.46. The number of nitrogens with one attached hydrogen (secondary N) is 1. The van der Waals surface area contributed by atoms with Gasteiger partial charge in [0.25, 0.3) is 5.91 Å². The van der Waals surface area contributed by atoms with E-state index >= 15 is 0 Å². The molecule has 15 heavy (non-hydrogen) atoms. The molecule has 1 rings (SSSR count). The molecule has 0 aliphatic rings. The number of hydrogen-bond donors (Lipinski definition) is 1. The molecule has 1 heterocycles. The maximum absolute atomic E-state index is 11.6. The number of rotatable bonds is 3. The van der Waals surface area contributed by atoms with E-state index in [9.17, 15) is 4.79 Å². The minimum absolute atomic E-state index is 0.185. The van der Waals surface area contributed by atoms with E-state index in [4.69, 9.17) is 23.2 Å². The Morgan fingerprint density at radius 2 is 1.93 bits per heavy atom. The summed E-state index contributed by atoms with van der Waals surface area (Å²) in [6.45, 7) is 4.66. The molecule has 0 bridgehead atoms. The second kappa shape index (κ2) is 5.33. The Bertz CT molecular complexity index is 346. The van der Waals surface area contributed by atoms with Crippen molar-refractivity contribution in [1.82, 2.24) is 10.3 Å². The van der Waals surface area contributed by atoms with E-state index < -0.39 is 0 Å². The Labute approximate surface area is 98.8 Å². The Balaban J connectivity index is 2.73. The van der Waals surface area contributed by atoms with Crippen LogP contribution < -0.4 is 5.32 Å². The van der Waals surface area contributed by atoms with Crippen molar-refractivity contribution in [1.29, 1.82) is 0 Å². The summed E-state index contributed by atoms with van der Waals surface area (Å²) >= 11 is 11.4. The predicted octanol–water partition coefficient (Wildman–Crippen LogP) is 2.77. The number of pyridine rings is 1. The van der Waals surface area contributed by atoms with Crippen LogP contribution in [0, 0.1) is 5.92 Å². The average molecular weight is 247 g/mol. The molecule has 82 valence electrons. The molecule has 0 radical (unpaired) electrons. The normalized spacial score (nSPS) is 10.5. The minimum atomic E-state index is -0.185. The lowest BCUT2D eigenvalue weighted by Gasteiger charge is -2.07. The molecule has 0 aromatic carbocycles. The Morgan fingerprint density at radius 1 is 1.40 bits per heavy atom. The van der Waals surface area contributed by atoms with E-state index in [1.54, 1.807) is 0 Å². The van der Waals surface area contributed by atoms with Crippen molar-refractivity contribution in [3.05, 3.63) is 28.0 Å². The smallest absolute Gasteiger partial charge is 0.251 e. The SMILES string of the molecule is CC(C)CNC(=O)c1cc(Cl)nc(Cl)c1. The van der Waals surface area contributed by atoms with E-state index in [2.05, 4.69) is 10.3 Å². The van der Waals surface area contributed by atoms with Crippen LogP contribution in [0.25, 0.3) is 0 Å². The summed E-state index contributed by atoms with van der Waals surface area (Å²) in [4.78, 5) is 15.4. The molecule has 0 atom stereocenters. The van der Waals surface area contributed by atoms with Crippen LogP contribution in [0.4, 0.5) is 0 Å². The molecule has 0 unspecified atom stereocenters. The summed E-state index contributed by atoms with van der Waals surface area (Å²) in [5.41, 5.74) is 0.431. The zero-order valence-corrected chi connectivity index (χ0v) is 10.1. The van der Waals surface area contributed by atoms with Crippen molar-refractivity contribution >= 4 is 29.1 Å². The molecule has 1 aromatic heterocycles. The molecule has 1 aromatic rings. The van der Waals surface area contributed by atoms with Gasteiger partial charge in [-0.2, -0.15) is 0 Å². The molecular weight excluding hydrogens is 235 g/mol. The molecule has 0 aliphatic heterocycles. The highest BCUT2D eigenvalue weighted by Gasteiger charge is 2.08. The van der Waals surface area contributed by atoms with Gasteiger partial charge in [-0.15, -0.1) is 0 Å². The minimum Gasteiger partial charge on any atom is -0.352 e. The monoisotopic (exact) mass is 246 g/mol. The number of aromatic nitrogens is 1. The fourth-order valence-electron chi connectivity index (χ4n) is 0.995. The summed E-state index contributed by atoms with van der Waals surface area (Å²) < 4.78 is 0. The van der Waals surface area contributed by atoms with Crippen molar-refractivity contribution in [3.8, 4) is 0 Å². The second-order valence-electron chi connectivity index (χ2n) is 3.61. The van der Waals surface area contributed by atoms with Crippen LogP contribution in [0.15, 0.2) is 12.1 Å². The maximum atomic E-state index is 11.6. The molecule has 5 heteroatoms. The number of carbonyl (C=O) groups is 1. The van der Waals surface area contributed by atoms with E-state index in [0.29, 0.717) is 18.0 Å². The van der Waals surface area contributed by atoms with Crippen LogP contribution in [0.2, 0.25) is 10.3 Å². The Morgan fingerprint density at radius 3 is 2.40 bits per heavy atom. The number of carbonyl (C=O) groups excluding carboxylic acids is 1. The molecule has 0 saturated carbocycles. The van der Waals surface area contributed by atoms with Crippen LogP contribution >= 0.6 is 23.2 Å². The summed E-state index contributed by atoms with van der Waals surface area (Å²) in [5, 5.41) is 3.21. The Hall–Kier alpha value is -0.800. The molecule has 0 aliphatic carbocycles. The van der Waals surface area contributed by atoms with Crippen LogP contribution in [-0.2, 0) is 0 Å². The lowest BCUT2D eigenvalue weighted by atomic mass is 10.2. The van der Waals surface area contributed by atoms with E-state index in [1.807, 2.05) is 13.8 Å². The topological polar surface area (TPSA) is 42.0 Å². The van der Waals surface area contributed by atoms with Crippen LogP contribution in [0.3, 0.4) is 0 Å². The highest BCUT2D eigenvalue weighted by molar-refractivity contribution is 6.33. The second-order valence-corrected chi connectivity index (χ2v) is 4.38. The van der Waals surface area contributed by atoms with Crippen molar-refractivity contribution in [2.75, 3.05) is 6.54 Å². The largest absolute Gasteiger partial charge is 0.352 e. The van der Waals surface area contributed by atoms with Gasteiger partial charge in [-0.05, 0) is 18.1 Å². The number of halogens is 2. The summed E-state index contributed by atoms with van der Waals surface area (Å²) in [7, 11) is 0. The van der Waals surface area contributed by atoms with Crippen LogP contribution in [-0.4, -0.2) is 17.4 Å². The quantitative estimate of drug-likeness (QED) is 0.834. The molecule has 0 spiro atoms. The zero-order chi connectivity index (χ0) is 11.4. The first-order valence-corrected chi connectivity index (χ1v) is 5.36. The Kier molecular flexibility index (Phi) is 4.36. The fraction of sp³-hybridized carbons (Fsp3) is 0.400. The van der Waals surface area contributed by atoms with Gasteiger partial charge in [-0.1, -0.05) is 37.0 Å². The number of hydrogen-bond acceptors (Lipinski definition) is 2. The molecular formula is C10H12Cl2N2O. The van der Waals surface area contributed by atoms with Gasteiger partial charge in [0.2, 0.25) is 0 Å². The first-order valence-electron chi connectivity index (χ1n) is 4.60. The lowest BCUT2D eigenvalue weighted by molar-refractivity contribution is 0.0949. The van der Waals surface area contributed by atoms with Gasteiger partial charge < -0.3 is 5.32 Å². The van der Waals surface area contributed by atoms with E-state index in [1.165, 1.54) is 12.1 Å². The van der Waals surface area contributed by atoms with Gasteiger partial charge in [-0.3, -0.25) is 4.79 Å². The van der Waals surface area contributed by atoms with Gasteiger partial charge in [0.15, 0.2) is 0 Å². The summed E-state index contributed by atoms with van der Waals surface area (Å²) in [5.74, 6) is 0.219. The molecule has 0 fully saturated rings. The van der Waals surface area contributed by atoms with Gasteiger partial charge in [0.1, 0.15) is 10.3 Å². The molecule has 0 saturated heterocycles. The van der Waals surface area contributed by atoms with E-state index in [0.717, 1.165) is 0 Å². The van der Waals surface area contributed by atoms with Gasteiger partial charge in [0, 0.05) is 12.1 Å². The standard InChI is InChI=1S/C10H12Cl2N2O/c1-6(2)5-13-10(15)7-3-8(11)14-9(12)4-7/h3-4,6H,5H2,1-2H3,(H,13,15). The number of nitrogens with zero attached hydrogens (tertiary/aromatic N) is 1. The molecule has 1 amide bonds. The predicted molar refractivity (Wildman–Crippen MR) is 61.4 cm³/mol. The van der Waals surface area contributed by atoms with Crippen LogP contribution in [0.5, 0.6) is 0 Å². The molecule has 1 N–H and O–H groups in total. The summed E-state index contributed by atoms with van der Waals surface area (Å²) in [6.07, 6.45) is 0. The van der Waals surface area contributed by atoms with Crippen LogP contribution in [0.1, 0.15) is 24.2 Å². The highest BCUT2D eigenvalue weighted by Crippen LogP contribution is 2.14. The van der Waals surface area contributed by atoms with Crippen molar-refractivity contribution < 1.29 is 4.79 Å². The van der Waals surface area contributed by atoms with E-state index in [-0.39, 0.29) is 16.2 Å². The van der Waals surface area contributed by atoms with Crippen molar-refractivity contribution in [3.63, 3.8) is 0 Å². The zero-order valence-electron chi connectivity index (χ0n) is 8.55. The van der Waals surface area contributed by atoms with Gasteiger partial charge >= 0.3 is 0 Å². The third-order valence-corrected chi connectivity index (χ3v) is 2.08. The lowest BCUT2D eigenvalue weighted by Crippen LogP contribution is -2.27. The average Bonchev–Trinajstić information content (AvgIpc) is 2.12. The first kappa shape index (κ1) is 12.3. The van der Waals surface area contributed by atoms with Gasteiger partial charge in [-0.25, -0.2) is 4.98 Å². The van der Waals surface area contributed by atoms with Crippen molar-refractivity contribution in [2.24, 2.45) is 5.92 Å². The van der Waals surface area contributed by atoms with Gasteiger partial charge in [0.05, 0.1) is 0 Å². The summed E-state index contributed by atoms with van der Waals surface area (Å²) in [6, 6.07) is 2.98. The first-order chi connectivity index (χ1) is 6.99. The highest BCUT2D eigenvalue weighted by atomic mass is 35.5. The maximum Gasteiger partial charge on any atom is 0.251 e. The molecule has 3 nitrogen and oxygen atoms in total. The number of amides is 1. The third kappa shape index (κ3) is 4.06. The van der Waals surface area contributed by atoms with Crippen molar-refractivity contribution in [2.45, 2.75) is 13.8 Å². The third-order valence-electron chi connectivity index (χ3n) is 1.70.